The van der Waals surface area contributed by atoms with Crippen LogP contribution in [0, 0.1) is 0 Å². The lowest BCUT2D eigenvalue weighted by Crippen LogP contribution is -2.14. The second-order valence-corrected chi connectivity index (χ2v) is 15.5. The van der Waals surface area contributed by atoms with Crippen LogP contribution in [-0.4, -0.2) is 9.38 Å². The Hall–Kier alpha value is -6.77. The average Bonchev–Trinajstić information content (AvgIpc) is 3.75. The number of pyridine rings is 1. The molecule has 2 heterocycles. The van der Waals surface area contributed by atoms with Crippen molar-refractivity contribution in [3.63, 3.8) is 0 Å². The highest BCUT2D eigenvalue weighted by Crippen LogP contribution is 2.54. The van der Waals surface area contributed by atoms with Crippen LogP contribution in [0.3, 0.4) is 0 Å². The van der Waals surface area contributed by atoms with Crippen LogP contribution >= 0.6 is 0 Å². The summed E-state index contributed by atoms with van der Waals surface area (Å²) in [6.07, 6.45) is 4.17. The zero-order chi connectivity index (χ0) is 35.7. The molecule has 0 N–H and O–H groups in total. The molecule has 0 fully saturated rings. The lowest BCUT2D eigenvalue weighted by Gasteiger charge is -2.24. The quantitative estimate of drug-likeness (QED) is 0.134. The van der Waals surface area contributed by atoms with Gasteiger partial charge < -0.3 is 4.40 Å². The van der Waals surface area contributed by atoms with Crippen molar-refractivity contribution < 1.29 is 0 Å². The molecular formula is C52H34N2. The van der Waals surface area contributed by atoms with Crippen LogP contribution in [0.25, 0.3) is 104 Å². The Morgan fingerprint density at radius 2 is 1.11 bits per heavy atom. The van der Waals surface area contributed by atoms with Crippen LogP contribution in [-0.2, 0) is 5.41 Å². The molecule has 0 saturated heterocycles. The number of fused-ring (bicyclic) bond motifs is 6. The van der Waals surface area contributed by atoms with Crippen molar-refractivity contribution in [3.8, 4) is 44.6 Å². The Kier molecular flexibility index (Phi) is 5.87. The van der Waals surface area contributed by atoms with Gasteiger partial charge in [-0.1, -0.05) is 147 Å². The molecule has 54 heavy (non-hydrogen) atoms. The third kappa shape index (κ3) is 3.97. The van der Waals surface area contributed by atoms with Crippen LogP contribution in [0.4, 0.5) is 0 Å². The van der Waals surface area contributed by atoms with E-state index in [0.29, 0.717) is 0 Å². The van der Waals surface area contributed by atoms with Gasteiger partial charge in [-0.25, -0.2) is 4.98 Å². The summed E-state index contributed by atoms with van der Waals surface area (Å²) in [5.74, 6) is 0. The monoisotopic (exact) mass is 686 g/mol. The second-order valence-electron chi connectivity index (χ2n) is 15.5. The summed E-state index contributed by atoms with van der Waals surface area (Å²) < 4.78 is 2.09. The minimum Gasteiger partial charge on any atom is -0.306 e. The van der Waals surface area contributed by atoms with Crippen LogP contribution in [0.2, 0.25) is 0 Å². The summed E-state index contributed by atoms with van der Waals surface area (Å²) in [4.78, 5) is 4.92. The topological polar surface area (TPSA) is 17.3 Å². The molecule has 0 atom stereocenters. The first-order valence-corrected chi connectivity index (χ1v) is 18.9. The molecule has 1 aliphatic carbocycles. The lowest BCUT2D eigenvalue weighted by molar-refractivity contribution is 0.661. The van der Waals surface area contributed by atoms with Crippen molar-refractivity contribution in [2.75, 3.05) is 0 Å². The first-order chi connectivity index (χ1) is 26.5. The molecule has 0 amide bonds. The fourth-order valence-corrected chi connectivity index (χ4v) is 9.81. The Morgan fingerprint density at radius 3 is 1.93 bits per heavy atom. The van der Waals surface area contributed by atoms with Crippen molar-refractivity contribution >= 4 is 59.5 Å². The summed E-state index contributed by atoms with van der Waals surface area (Å²) in [7, 11) is 0. The van der Waals surface area contributed by atoms with Crippen molar-refractivity contribution in [3.05, 3.63) is 181 Å². The number of nitrogens with zero attached hydrogens (tertiary/aromatic N) is 2. The maximum atomic E-state index is 4.92. The molecule has 0 aliphatic heterocycles. The van der Waals surface area contributed by atoms with Gasteiger partial charge in [-0.15, -0.1) is 0 Å². The van der Waals surface area contributed by atoms with E-state index in [1.165, 1.54) is 98.4 Å². The second kappa shape index (κ2) is 10.7. The Morgan fingerprint density at radius 1 is 0.444 bits per heavy atom. The minimum atomic E-state index is -0.122. The van der Waals surface area contributed by atoms with Gasteiger partial charge in [-0.2, -0.15) is 0 Å². The van der Waals surface area contributed by atoms with E-state index in [4.69, 9.17) is 4.98 Å². The van der Waals surface area contributed by atoms with E-state index < -0.39 is 0 Å². The molecular weight excluding hydrogens is 653 g/mol. The van der Waals surface area contributed by atoms with Gasteiger partial charge in [0.1, 0.15) is 5.65 Å². The molecule has 9 aromatic carbocycles. The van der Waals surface area contributed by atoms with Gasteiger partial charge in [0.05, 0.1) is 5.69 Å². The average molecular weight is 687 g/mol. The van der Waals surface area contributed by atoms with Crippen molar-refractivity contribution in [2.45, 2.75) is 19.3 Å². The Labute approximate surface area is 312 Å². The summed E-state index contributed by atoms with van der Waals surface area (Å²) in [5.41, 5.74) is 13.4. The standard InChI is InChI=1S/C52H34N2/c1-52(2)44-15-6-5-12-36(44)41-28-42-43(29-45(41)52)49(34-19-17-31(18-20-34)46-30-54-27-8-7-16-47(54)53-46)37-13-3-4-14-38(37)51(42)40-26-24-35-22-21-32-10-9-11-33-23-25-39(40)50(35)48(32)33/h3-30H,1-2H3. The third-order valence-electron chi connectivity index (χ3n) is 12.4. The molecule has 0 radical (unpaired) electrons. The fourth-order valence-electron chi connectivity index (χ4n) is 9.81. The molecule has 0 spiro atoms. The molecule has 0 bridgehead atoms. The maximum Gasteiger partial charge on any atom is 0.137 e. The molecule has 252 valence electrons. The van der Waals surface area contributed by atoms with Crippen LogP contribution in [0.15, 0.2) is 170 Å². The van der Waals surface area contributed by atoms with E-state index in [-0.39, 0.29) is 5.41 Å². The van der Waals surface area contributed by atoms with Gasteiger partial charge >= 0.3 is 0 Å². The fraction of sp³-hybridized carbons (Fsp3) is 0.0577. The highest BCUT2D eigenvalue weighted by atomic mass is 15.0. The molecule has 2 heteroatoms. The summed E-state index contributed by atoms with van der Waals surface area (Å²) in [5, 5.41) is 13.0. The van der Waals surface area contributed by atoms with Crippen molar-refractivity contribution in [1.29, 1.82) is 0 Å². The summed E-state index contributed by atoms with van der Waals surface area (Å²) >= 11 is 0. The predicted octanol–water partition coefficient (Wildman–Crippen LogP) is 13.8. The van der Waals surface area contributed by atoms with Crippen LogP contribution in [0.1, 0.15) is 25.0 Å². The number of benzene rings is 9. The van der Waals surface area contributed by atoms with E-state index in [1.54, 1.807) is 0 Å². The highest BCUT2D eigenvalue weighted by Gasteiger charge is 2.36. The zero-order valence-corrected chi connectivity index (χ0v) is 30.1. The van der Waals surface area contributed by atoms with Gasteiger partial charge in [-0.3, -0.25) is 0 Å². The van der Waals surface area contributed by atoms with Crippen LogP contribution < -0.4 is 0 Å². The van der Waals surface area contributed by atoms with E-state index >= 15 is 0 Å². The van der Waals surface area contributed by atoms with E-state index in [0.717, 1.165) is 16.9 Å². The first kappa shape index (κ1) is 29.8. The smallest absolute Gasteiger partial charge is 0.137 e. The number of rotatable bonds is 3. The Balaban J connectivity index is 1.19. The molecule has 2 aromatic heterocycles. The van der Waals surface area contributed by atoms with Gasteiger partial charge in [0, 0.05) is 23.4 Å². The van der Waals surface area contributed by atoms with Crippen molar-refractivity contribution in [1.82, 2.24) is 9.38 Å². The summed E-state index contributed by atoms with van der Waals surface area (Å²) in [6, 6.07) is 58.9. The van der Waals surface area contributed by atoms with Crippen molar-refractivity contribution in [2.24, 2.45) is 0 Å². The number of hydrogen-bond acceptors (Lipinski definition) is 1. The SMILES string of the molecule is CC1(C)c2ccccc2-c2cc3c(-c4ccc5ccc6cccc7ccc4c5c67)c4ccccc4c(-c4ccc(-c5cn6ccccc6n5)cc4)c3cc21. The number of hydrogen-bond donors (Lipinski definition) is 0. The van der Waals surface area contributed by atoms with Crippen LogP contribution in [0.5, 0.6) is 0 Å². The zero-order valence-electron chi connectivity index (χ0n) is 30.1. The van der Waals surface area contributed by atoms with E-state index in [2.05, 4.69) is 176 Å². The highest BCUT2D eigenvalue weighted by molar-refractivity contribution is 6.29. The number of imidazole rings is 1. The molecule has 11 aromatic rings. The maximum absolute atomic E-state index is 4.92. The molecule has 0 saturated carbocycles. The number of aromatic nitrogens is 2. The molecule has 0 unspecified atom stereocenters. The van der Waals surface area contributed by atoms with Gasteiger partial charge in [-0.05, 0) is 123 Å². The lowest BCUT2D eigenvalue weighted by atomic mass is 9.79. The first-order valence-electron chi connectivity index (χ1n) is 18.9. The third-order valence-corrected chi connectivity index (χ3v) is 12.4. The molecule has 12 rings (SSSR count). The largest absolute Gasteiger partial charge is 0.306 e. The van der Waals surface area contributed by atoms with E-state index in [1.807, 2.05) is 12.1 Å². The Bertz CT molecular complexity index is 3290. The summed E-state index contributed by atoms with van der Waals surface area (Å²) in [6.45, 7) is 4.77. The molecule has 2 nitrogen and oxygen atoms in total. The van der Waals surface area contributed by atoms with Gasteiger partial charge in [0.2, 0.25) is 0 Å². The van der Waals surface area contributed by atoms with E-state index in [9.17, 15) is 0 Å². The van der Waals surface area contributed by atoms with Gasteiger partial charge in [0.15, 0.2) is 0 Å². The van der Waals surface area contributed by atoms with Gasteiger partial charge in [0.25, 0.3) is 0 Å². The normalized spacial score (nSPS) is 13.5. The predicted molar refractivity (Wildman–Crippen MR) is 228 cm³/mol. The minimum absolute atomic E-state index is 0.122. The molecule has 1 aliphatic rings.